The van der Waals surface area contributed by atoms with Crippen LogP contribution in [0.5, 0.6) is 0 Å². The first kappa shape index (κ1) is 7.33. The zero-order valence-corrected chi connectivity index (χ0v) is 7.13. The van der Waals surface area contributed by atoms with E-state index in [9.17, 15) is 0 Å². The van der Waals surface area contributed by atoms with E-state index in [0.29, 0.717) is 0 Å². The van der Waals surface area contributed by atoms with E-state index in [-0.39, 0.29) is 0 Å². The molecule has 1 heteroatoms. The van der Waals surface area contributed by atoms with E-state index < -0.39 is 0 Å². The Labute approximate surface area is 68.9 Å². The summed E-state index contributed by atoms with van der Waals surface area (Å²) in [7, 11) is 0. The average molecular weight is 151 g/mol. The zero-order valence-electron chi connectivity index (χ0n) is 7.13. The third-order valence-electron chi connectivity index (χ3n) is 3.14. The van der Waals surface area contributed by atoms with Gasteiger partial charge in [0.05, 0.1) is 0 Å². The fourth-order valence-electron chi connectivity index (χ4n) is 2.43. The van der Waals surface area contributed by atoms with Gasteiger partial charge in [-0.05, 0) is 31.1 Å². The van der Waals surface area contributed by atoms with Crippen LogP contribution in [0.25, 0.3) is 0 Å². The lowest BCUT2D eigenvalue weighted by molar-refractivity contribution is 0.301. The van der Waals surface area contributed by atoms with E-state index in [1.807, 2.05) is 0 Å². The maximum atomic E-state index is 4.31. The van der Waals surface area contributed by atoms with Crippen molar-refractivity contribution in [1.82, 2.24) is 0 Å². The second kappa shape index (κ2) is 3.38. The molecule has 62 valence electrons. The van der Waals surface area contributed by atoms with Crippen molar-refractivity contribution in [3.05, 3.63) is 0 Å². The van der Waals surface area contributed by atoms with Crippen molar-refractivity contribution in [2.75, 3.05) is 6.54 Å². The molecule has 0 bridgehead atoms. The second-order valence-electron chi connectivity index (χ2n) is 3.91. The molecular formula is C10H17N. The summed E-state index contributed by atoms with van der Waals surface area (Å²) in [5, 5.41) is 0. The average Bonchev–Trinajstić information content (AvgIpc) is 2.58. The summed E-state index contributed by atoms with van der Waals surface area (Å²) in [6, 6.07) is 0. The Morgan fingerprint density at radius 2 is 1.82 bits per heavy atom. The molecule has 1 unspecified atom stereocenters. The van der Waals surface area contributed by atoms with Crippen LogP contribution in [0, 0.1) is 11.8 Å². The molecule has 0 saturated heterocycles. The highest BCUT2D eigenvalue weighted by molar-refractivity contribution is 5.63. The molecule has 1 saturated carbocycles. The van der Waals surface area contributed by atoms with Gasteiger partial charge in [-0.1, -0.05) is 19.3 Å². The minimum atomic E-state index is 0.857. The Hall–Kier alpha value is -0.330. The predicted octanol–water partition coefficient (Wildman–Crippen LogP) is 2.66. The lowest BCUT2D eigenvalue weighted by atomic mass is 9.80. The molecule has 1 atom stereocenters. The second-order valence-corrected chi connectivity index (χ2v) is 3.91. The van der Waals surface area contributed by atoms with Gasteiger partial charge in [0, 0.05) is 12.8 Å². The van der Waals surface area contributed by atoms with Crippen LogP contribution in [-0.2, 0) is 0 Å². The molecule has 0 aromatic carbocycles. The largest absolute Gasteiger partial charge is 0.297 e. The molecule has 0 amide bonds. The van der Waals surface area contributed by atoms with Crippen LogP contribution in [-0.4, -0.2) is 12.8 Å². The highest BCUT2D eigenvalue weighted by Gasteiger charge is 2.23. The van der Waals surface area contributed by atoms with Crippen molar-refractivity contribution in [1.29, 1.82) is 0 Å². The van der Waals surface area contributed by atoms with Crippen molar-refractivity contribution in [2.45, 2.75) is 38.5 Å². The summed E-state index contributed by atoms with van der Waals surface area (Å²) in [5.74, 6) is 1.85. The lowest BCUT2D eigenvalue weighted by Crippen LogP contribution is -2.16. The molecule has 0 spiro atoms. The van der Waals surface area contributed by atoms with Crippen LogP contribution in [0.2, 0.25) is 0 Å². The molecule has 0 aromatic rings. The first-order chi connectivity index (χ1) is 5.47. The molecule has 1 fully saturated rings. The normalized spacial score (nSPS) is 32.9. The van der Waals surface area contributed by atoms with E-state index in [4.69, 9.17) is 0 Å². The first-order valence-electron chi connectivity index (χ1n) is 4.97. The van der Waals surface area contributed by atoms with Gasteiger partial charge in [0.1, 0.15) is 0 Å². The van der Waals surface area contributed by atoms with Gasteiger partial charge in [0.25, 0.3) is 0 Å². The molecular weight excluding hydrogens is 134 g/mol. The van der Waals surface area contributed by atoms with Crippen molar-refractivity contribution in [3.63, 3.8) is 0 Å². The highest BCUT2D eigenvalue weighted by Crippen LogP contribution is 2.32. The molecule has 0 N–H and O–H groups in total. The number of hydrogen-bond acceptors (Lipinski definition) is 1. The van der Waals surface area contributed by atoms with Crippen molar-refractivity contribution in [2.24, 2.45) is 16.8 Å². The standard InChI is InChI=1S/C10H17N/c1-2-4-9(5-3-1)10-6-7-11-8-10/h8-10H,1-7H2. The molecule has 2 aliphatic rings. The molecule has 0 aromatic heterocycles. The molecule has 2 rings (SSSR count). The van der Waals surface area contributed by atoms with Gasteiger partial charge >= 0.3 is 0 Å². The Kier molecular flexibility index (Phi) is 2.25. The smallest absolute Gasteiger partial charge is 0.0391 e. The summed E-state index contributed by atoms with van der Waals surface area (Å²) in [4.78, 5) is 4.31. The summed E-state index contributed by atoms with van der Waals surface area (Å²) < 4.78 is 0. The maximum Gasteiger partial charge on any atom is 0.0391 e. The minimum Gasteiger partial charge on any atom is -0.297 e. The summed E-state index contributed by atoms with van der Waals surface area (Å²) in [6.45, 7) is 1.10. The first-order valence-corrected chi connectivity index (χ1v) is 4.97. The summed E-state index contributed by atoms with van der Waals surface area (Å²) in [6.07, 6.45) is 10.9. The van der Waals surface area contributed by atoms with Crippen molar-refractivity contribution < 1.29 is 0 Å². The fraction of sp³-hybridized carbons (Fsp3) is 0.900. The third-order valence-corrected chi connectivity index (χ3v) is 3.14. The van der Waals surface area contributed by atoms with E-state index in [1.165, 1.54) is 38.5 Å². The predicted molar refractivity (Wildman–Crippen MR) is 48.0 cm³/mol. The summed E-state index contributed by atoms with van der Waals surface area (Å²) in [5.41, 5.74) is 0. The van der Waals surface area contributed by atoms with Gasteiger partial charge in [0.15, 0.2) is 0 Å². The number of hydrogen-bond donors (Lipinski definition) is 0. The highest BCUT2D eigenvalue weighted by atomic mass is 14.7. The topological polar surface area (TPSA) is 12.4 Å². The summed E-state index contributed by atoms with van der Waals surface area (Å²) >= 11 is 0. The fourth-order valence-corrected chi connectivity index (χ4v) is 2.43. The Morgan fingerprint density at radius 3 is 2.45 bits per heavy atom. The van der Waals surface area contributed by atoms with Crippen LogP contribution < -0.4 is 0 Å². The third kappa shape index (κ3) is 1.63. The molecule has 1 nitrogen and oxygen atoms in total. The van der Waals surface area contributed by atoms with E-state index >= 15 is 0 Å². The molecule has 1 aliphatic carbocycles. The molecule has 1 aliphatic heterocycles. The monoisotopic (exact) mass is 151 g/mol. The van der Waals surface area contributed by atoms with Crippen LogP contribution >= 0.6 is 0 Å². The Balaban J connectivity index is 1.87. The molecule has 0 radical (unpaired) electrons. The number of aliphatic imine (C=N–C) groups is 1. The van der Waals surface area contributed by atoms with Crippen LogP contribution in [0.15, 0.2) is 4.99 Å². The molecule has 11 heavy (non-hydrogen) atoms. The van der Waals surface area contributed by atoms with Gasteiger partial charge in [-0.15, -0.1) is 0 Å². The minimum absolute atomic E-state index is 0.857. The van der Waals surface area contributed by atoms with Crippen molar-refractivity contribution in [3.8, 4) is 0 Å². The van der Waals surface area contributed by atoms with Gasteiger partial charge in [-0.2, -0.15) is 0 Å². The van der Waals surface area contributed by atoms with Gasteiger partial charge in [0.2, 0.25) is 0 Å². The van der Waals surface area contributed by atoms with Gasteiger partial charge in [-0.3, -0.25) is 4.99 Å². The van der Waals surface area contributed by atoms with Gasteiger partial charge < -0.3 is 0 Å². The molecule has 1 heterocycles. The Bertz CT molecular complexity index is 145. The van der Waals surface area contributed by atoms with Crippen LogP contribution in [0.1, 0.15) is 38.5 Å². The number of nitrogens with zero attached hydrogens (tertiary/aromatic N) is 1. The van der Waals surface area contributed by atoms with E-state index in [0.717, 1.165) is 18.4 Å². The van der Waals surface area contributed by atoms with E-state index in [2.05, 4.69) is 11.2 Å². The quantitative estimate of drug-likeness (QED) is 0.546. The maximum absolute atomic E-state index is 4.31. The lowest BCUT2D eigenvalue weighted by Gasteiger charge is -2.25. The van der Waals surface area contributed by atoms with Gasteiger partial charge in [-0.25, -0.2) is 0 Å². The Morgan fingerprint density at radius 1 is 1.00 bits per heavy atom. The van der Waals surface area contributed by atoms with E-state index in [1.54, 1.807) is 0 Å². The number of rotatable bonds is 1. The SMILES string of the molecule is C1=NCCC1C1CCCCC1. The van der Waals surface area contributed by atoms with Crippen LogP contribution in [0.4, 0.5) is 0 Å². The van der Waals surface area contributed by atoms with Crippen LogP contribution in [0.3, 0.4) is 0 Å². The van der Waals surface area contributed by atoms with Crippen molar-refractivity contribution >= 4 is 6.21 Å². The zero-order chi connectivity index (χ0) is 7.52.